The largest absolute Gasteiger partial charge is 0.462 e. The van der Waals surface area contributed by atoms with Gasteiger partial charge in [0.2, 0.25) is 0 Å². The SMILES string of the molecule is CCNc1ccc(C(=O)OCC)cn1. The number of hydrogen-bond acceptors (Lipinski definition) is 4. The molecule has 0 radical (unpaired) electrons. The number of rotatable bonds is 4. The average molecular weight is 194 g/mol. The molecular weight excluding hydrogens is 180 g/mol. The third-order valence-corrected chi connectivity index (χ3v) is 1.63. The highest BCUT2D eigenvalue weighted by Crippen LogP contribution is 2.05. The van der Waals surface area contributed by atoms with Crippen LogP contribution in [0.5, 0.6) is 0 Å². The molecule has 1 heterocycles. The molecule has 0 aromatic carbocycles. The number of ether oxygens (including phenoxy) is 1. The number of esters is 1. The van der Waals surface area contributed by atoms with Gasteiger partial charge in [0.25, 0.3) is 0 Å². The second-order valence-electron chi connectivity index (χ2n) is 2.68. The van der Waals surface area contributed by atoms with Crippen molar-refractivity contribution in [2.45, 2.75) is 13.8 Å². The Labute approximate surface area is 83.3 Å². The number of hydrogen-bond donors (Lipinski definition) is 1. The van der Waals surface area contributed by atoms with Crippen LogP contribution in [0, 0.1) is 0 Å². The molecule has 0 aliphatic carbocycles. The molecule has 0 bridgehead atoms. The molecule has 4 heteroatoms. The standard InChI is InChI=1S/C10H14N2O2/c1-3-11-9-6-5-8(7-12-9)10(13)14-4-2/h5-7H,3-4H2,1-2H3,(H,11,12). The van der Waals surface area contributed by atoms with Crippen molar-refractivity contribution in [3.8, 4) is 0 Å². The van der Waals surface area contributed by atoms with Crippen molar-refractivity contribution < 1.29 is 9.53 Å². The lowest BCUT2D eigenvalue weighted by atomic mass is 10.3. The molecule has 0 aliphatic heterocycles. The maximum absolute atomic E-state index is 11.2. The van der Waals surface area contributed by atoms with E-state index in [9.17, 15) is 4.79 Å². The van der Waals surface area contributed by atoms with Crippen LogP contribution in [0.25, 0.3) is 0 Å². The molecule has 0 fully saturated rings. The van der Waals surface area contributed by atoms with Crippen molar-refractivity contribution in [1.29, 1.82) is 0 Å². The van der Waals surface area contributed by atoms with Crippen molar-refractivity contribution in [3.63, 3.8) is 0 Å². The first-order valence-corrected chi connectivity index (χ1v) is 4.65. The molecule has 1 aromatic heterocycles. The lowest BCUT2D eigenvalue weighted by molar-refractivity contribution is 0.0526. The van der Waals surface area contributed by atoms with E-state index in [4.69, 9.17) is 4.74 Å². The molecule has 0 atom stereocenters. The molecule has 0 saturated carbocycles. The molecule has 76 valence electrons. The van der Waals surface area contributed by atoms with E-state index in [1.165, 1.54) is 6.20 Å². The molecule has 0 amide bonds. The summed E-state index contributed by atoms with van der Waals surface area (Å²) < 4.78 is 4.83. The minimum absolute atomic E-state index is 0.331. The van der Waals surface area contributed by atoms with E-state index >= 15 is 0 Å². The Bertz CT molecular complexity index is 295. The zero-order chi connectivity index (χ0) is 10.4. The normalized spacial score (nSPS) is 9.57. The Morgan fingerprint density at radius 3 is 2.79 bits per heavy atom. The van der Waals surface area contributed by atoms with Gasteiger partial charge in [0, 0.05) is 12.7 Å². The highest BCUT2D eigenvalue weighted by atomic mass is 16.5. The molecular formula is C10H14N2O2. The highest BCUT2D eigenvalue weighted by molar-refractivity contribution is 5.89. The van der Waals surface area contributed by atoms with Gasteiger partial charge in [0.05, 0.1) is 12.2 Å². The highest BCUT2D eigenvalue weighted by Gasteiger charge is 2.05. The summed E-state index contributed by atoms with van der Waals surface area (Å²) >= 11 is 0. The summed E-state index contributed by atoms with van der Waals surface area (Å²) in [6.45, 7) is 4.96. The van der Waals surface area contributed by atoms with E-state index in [0.717, 1.165) is 12.4 Å². The number of nitrogens with zero attached hydrogens (tertiary/aromatic N) is 1. The number of anilines is 1. The zero-order valence-electron chi connectivity index (χ0n) is 8.41. The number of nitrogens with one attached hydrogen (secondary N) is 1. The minimum Gasteiger partial charge on any atom is -0.462 e. The predicted octanol–water partition coefficient (Wildman–Crippen LogP) is 1.69. The topological polar surface area (TPSA) is 51.2 Å². The molecule has 0 aliphatic rings. The first-order chi connectivity index (χ1) is 6.77. The van der Waals surface area contributed by atoms with Crippen LogP contribution >= 0.6 is 0 Å². The molecule has 1 N–H and O–H groups in total. The Hall–Kier alpha value is -1.58. The van der Waals surface area contributed by atoms with Crippen molar-refractivity contribution in [2.75, 3.05) is 18.5 Å². The quantitative estimate of drug-likeness (QED) is 0.741. The second-order valence-corrected chi connectivity index (χ2v) is 2.68. The lowest BCUT2D eigenvalue weighted by Crippen LogP contribution is -2.06. The van der Waals surface area contributed by atoms with Crippen molar-refractivity contribution in [3.05, 3.63) is 23.9 Å². The third-order valence-electron chi connectivity index (χ3n) is 1.63. The lowest BCUT2D eigenvalue weighted by Gasteiger charge is -2.03. The Morgan fingerprint density at radius 2 is 2.29 bits per heavy atom. The van der Waals surface area contributed by atoms with Gasteiger partial charge in [-0.1, -0.05) is 0 Å². The van der Waals surface area contributed by atoms with Gasteiger partial charge in [-0.3, -0.25) is 0 Å². The summed E-state index contributed by atoms with van der Waals surface area (Å²) in [6, 6.07) is 3.46. The molecule has 1 rings (SSSR count). The van der Waals surface area contributed by atoms with Gasteiger partial charge < -0.3 is 10.1 Å². The number of carbonyl (C=O) groups excluding carboxylic acids is 1. The van der Waals surface area contributed by atoms with Gasteiger partial charge >= 0.3 is 5.97 Å². The van der Waals surface area contributed by atoms with Gasteiger partial charge in [-0.05, 0) is 26.0 Å². The first-order valence-electron chi connectivity index (χ1n) is 4.65. The summed E-state index contributed by atoms with van der Waals surface area (Å²) in [5, 5.41) is 3.04. The van der Waals surface area contributed by atoms with Gasteiger partial charge in [-0.15, -0.1) is 0 Å². The fraction of sp³-hybridized carbons (Fsp3) is 0.400. The first kappa shape index (κ1) is 10.5. The summed E-state index contributed by atoms with van der Waals surface area (Å²) in [5.74, 6) is 0.434. The van der Waals surface area contributed by atoms with E-state index in [2.05, 4.69) is 10.3 Å². The van der Waals surface area contributed by atoms with Crippen molar-refractivity contribution in [1.82, 2.24) is 4.98 Å². The smallest absolute Gasteiger partial charge is 0.339 e. The molecule has 0 saturated heterocycles. The van der Waals surface area contributed by atoms with Crippen LogP contribution in [0.15, 0.2) is 18.3 Å². The van der Waals surface area contributed by atoms with Crippen LogP contribution in [-0.4, -0.2) is 24.1 Å². The molecule has 1 aromatic rings. The van der Waals surface area contributed by atoms with Gasteiger partial charge in [-0.2, -0.15) is 0 Å². The summed E-state index contributed by atoms with van der Waals surface area (Å²) in [7, 11) is 0. The van der Waals surface area contributed by atoms with E-state index in [-0.39, 0.29) is 5.97 Å². The number of aromatic nitrogens is 1. The Kier molecular flexibility index (Phi) is 3.91. The van der Waals surface area contributed by atoms with Crippen LogP contribution in [0.3, 0.4) is 0 Å². The van der Waals surface area contributed by atoms with Gasteiger partial charge in [-0.25, -0.2) is 9.78 Å². The minimum atomic E-state index is -0.331. The van der Waals surface area contributed by atoms with Gasteiger partial charge in [0.1, 0.15) is 5.82 Å². The van der Waals surface area contributed by atoms with Crippen LogP contribution in [0.2, 0.25) is 0 Å². The maximum atomic E-state index is 11.2. The monoisotopic (exact) mass is 194 g/mol. The average Bonchev–Trinajstić information content (AvgIpc) is 2.20. The van der Waals surface area contributed by atoms with E-state index in [0.29, 0.717) is 12.2 Å². The number of pyridine rings is 1. The zero-order valence-corrected chi connectivity index (χ0v) is 8.41. The molecule has 0 unspecified atom stereocenters. The fourth-order valence-corrected chi connectivity index (χ4v) is 1.01. The Morgan fingerprint density at radius 1 is 1.50 bits per heavy atom. The number of carbonyl (C=O) groups is 1. The second kappa shape index (κ2) is 5.21. The summed E-state index contributed by atoms with van der Waals surface area (Å²) in [4.78, 5) is 15.3. The van der Waals surface area contributed by atoms with Crippen LogP contribution in [0.1, 0.15) is 24.2 Å². The third kappa shape index (κ3) is 2.73. The predicted molar refractivity (Wildman–Crippen MR) is 54.4 cm³/mol. The van der Waals surface area contributed by atoms with Crippen molar-refractivity contribution >= 4 is 11.8 Å². The molecule has 4 nitrogen and oxygen atoms in total. The van der Waals surface area contributed by atoms with Crippen molar-refractivity contribution in [2.24, 2.45) is 0 Å². The molecule has 0 spiro atoms. The summed E-state index contributed by atoms with van der Waals surface area (Å²) in [5.41, 5.74) is 0.480. The Balaban J connectivity index is 2.67. The van der Waals surface area contributed by atoms with Crippen LogP contribution < -0.4 is 5.32 Å². The van der Waals surface area contributed by atoms with Crippen LogP contribution in [0.4, 0.5) is 5.82 Å². The molecule has 14 heavy (non-hydrogen) atoms. The van der Waals surface area contributed by atoms with Crippen LogP contribution in [-0.2, 0) is 4.74 Å². The fourth-order valence-electron chi connectivity index (χ4n) is 1.01. The maximum Gasteiger partial charge on any atom is 0.339 e. The summed E-state index contributed by atoms with van der Waals surface area (Å²) in [6.07, 6.45) is 1.51. The van der Waals surface area contributed by atoms with Gasteiger partial charge in [0.15, 0.2) is 0 Å². The van der Waals surface area contributed by atoms with E-state index in [1.807, 2.05) is 6.92 Å². The van der Waals surface area contributed by atoms with E-state index < -0.39 is 0 Å². The van der Waals surface area contributed by atoms with E-state index in [1.54, 1.807) is 19.1 Å².